The molecule has 104 valence electrons. The van der Waals surface area contributed by atoms with Crippen LogP contribution in [0.3, 0.4) is 0 Å². The summed E-state index contributed by atoms with van der Waals surface area (Å²) in [6.07, 6.45) is 3.47. The topological polar surface area (TPSA) is 84.6 Å². The van der Waals surface area contributed by atoms with Gasteiger partial charge in [-0.05, 0) is 42.5 Å². The van der Waals surface area contributed by atoms with Crippen LogP contribution in [-0.4, -0.2) is 25.7 Å². The predicted molar refractivity (Wildman–Crippen MR) is 73.9 cm³/mol. The van der Waals surface area contributed by atoms with E-state index in [1.807, 2.05) is 0 Å². The van der Waals surface area contributed by atoms with Crippen LogP contribution in [0, 0.1) is 0 Å². The maximum absolute atomic E-state index is 11.3. The van der Waals surface area contributed by atoms with Crippen LogP contribution in [-0.2, 0) is 14.6 Å². The van der Waals surface area contributed by atoms with Gasteiger partial charge in [0.2, 0.25) is 0 Å². The molecular weight excluding hydrogens is 280 g/mol. The molecule has 0 fully saturated rings. The number of carbonyl (C=O) groups is 1. The first-order valence-corrected chi connectivity index (χ1v) is 7.57. The summed E-state index contributed by atoms with van der Waals surface area (Å²) in [5.41, 5.74) is 0.715. The van der Waals surface area contributed by atoms with Gasteiger partial charge in [-0.3, -0.25) is 0 Å². The lowest BCUT2D eigenvalue weighted by atomic mass is 10.2. The average Bonchev–Trinajstić information content (AvgIpc) is 2.84. The van der Waals surface area contributed by atoms with Crippen molar-refractivity contribution in [1.29, 1.82) is 0 Å². The minimum absolute atomic E-state index is 0.235. The van der Waals surface area contributed by atoms with Gasteiger partial charge in [-0.25, -0.2) is 13.2 Å². The van der Waals surface area contributed by atoms with Gasteiger partial charge in [0.1, 0.15) is 11.5 Å². The van der Waals surface area contributed by atoms with E-state index in [9.17, 15) is 13.2 Å². The summed E-state index contributed by atoms with van der Waals surface area (Å²) in [6, 6.07) is 9.61. The quantitative estimate of drug-likeness (QED) is 0.875. The van der Waals surface area contributed by atoms with Crippen LogP contribution in [0.25, 0.3) is 17.4 Å². The van der Waals surface area contributed by atoms with Crippen LogP contribution < -0.4 is 0 Å². The minimum atomic E-state index is -3.22. The Morgan fingerprint density at radius 3 is 2.35 bits per heavy atom. The zero-order valence-electron chi connectivity index (χ0n) is 10.6. The largest absolute Gasteiger partial charge is 0.478 e. The van der Waals surface area contributed by atoms with Crippen LogP contribution in [0.2, 0.25) is 0 Å². The highest BCUT2D eigenvalue weighted by atomic mass is 32.2. The number of rotatable bonds is 4. The third-order valence-corrected chi connectivity index (χ3v) is 3.71. The first-order valence-electron chi connectivity index (χ1n) is 5.67. The Balaban J connectivity index is 2.27. The SMILES string of the molecule is CS(=O)(=O)c1ccc(-c2ccc(/C=C/C(=O)O)o2)cc1. The average molecular weight is 292 g/mol. The lowest BCUT2D eigenvalue weighted by Gasteiger charge is -2.00. The Hall–Kier alpha value is -2.34. The molecule has 0 saturated heterocycles. The summed E-state index contributed by atoms with van der Waals surface area (Å²) >= 11 is 0. The molecule has 0 aliphatic carbocycles. The number of carboxylic acid groups (broad SMARTS) is 1. The lowest BCUT2D eigenvalue weighted by Crippen LogP contribution is -1.95. The van der Waals surface area contributed by atoms with Crippen LogP contribution >= 0.6 is 0 Å². The Kier molecular flexibility index (Phi) is 3.76. The highest BCUT2D eigenvalue weighted by molar-refractivity contribution is 7.90. The third kappa shape index (κ3) is 3.36. The van der Waals surface area contributed by atoms with Gasteiger partial charge in [-0.1, -0.05) is 0 Å². The number of sulfone groups is 1. The molecule has 0 amide bonds. The fourth-order valence-electron chi connectivity index (χ4n) is 1.62. The Labute approximate surface area is 116 Å². The summed E-state index contributed by atoms with van der Waals surface area (Å²) in [5, 5.41) is 8.52. The normalized spacial score (nSPS) is 11.8. The third-order valence-electron chi connectivity index (χ3n) is 2.58. The molecule has 0 bridgehead atoms. The summed E-state index contributed by atoms with van der Waals surface area (Å²) in [7, 11) is -3.22. The number of benzene rings is 1. The first kappa shape index (κ1) is 14.1. The van der Waals surface area contributed by atoms with Gasteiger partial charge in [-0.2, -0.15) is 0 Å². The second-order valence-corrected chi connectivity index (χ2v) is 6.19. The van der Waals surface area contributed by atoms with Crippen molar-refractivity contribution in [2.24, 2.45) is 0 Å². The number of hydrogen-bond acceptors (Lipinski definition) is 4. The van der Waals surface area contributed by atoms with E-state index < -0.39 is 15.8 Å². The molecule has 5 nitrogen and oxygen atoms in total. The molecule has 0 aliphatic heterocycles. The van der Waals surface area contributed by atoms with Crippen molar-refractivity contribution in [1.82, 2.24) is 0 Å². The van der Waals surface area contributed by atoms with E-state index in [1.165, 1.54) is 18.2 Å². The van der Waals surface area contributed by atoms with Gasteiger partial charge >= 0.3 is 5.97 Å². The van der Waals surface area contributed by atoms with E-state index in [2.05, 4.69) is 0 Å². The summed E-state index contributed by atoms with van der Waals surface area (Å²) in [5.74, 6) is -0.106. The molecule has 1 heterocycles. The van der Waals surface area contributed by atoms with Gasteiger partial charge in [0.25, 0.3) is 0 Å². The zero-order valence-corrected chi connectivity index (χ0v) is 11.4. The smallest absolute Gasteiger partial charge is 0.328 e. The van der Waals surface area contributed by atoms with Crippen molar-refractivity contribution in [2.45, 2.75) is 4.90 Å². The Morgan fingerprint density at radius 2 is 1.80 bits per heavy atom. The fourth-order valence-corrected chi connectivity index (χ4v) is 2.25. The molecule has 1 aromatic carbocycles. The number of furan rings is 1. The number of hydrogen-bond donors (Lipinski definition) is 1. The van der Waals surface area contributed by atoms with Gasteiger partial charge in [0.05, 0.1) is 4.90 Å². The standard InChI is InChI=1S/C14H12O5S/c1-20(17,18)12-6-2-10(3-7-12)13-8-4-11(19-13)5-9-14(15)16/h2-9H,1H3,(H,15,16)/b9-5+. The highest BCUT2D eigenvalue weighted by Crippen LogP contribution is 2.24. The van der Waals surface area contributed by atoms with E-state index in [-0.39, 0.29) is 4.90 Å². The van der Waals surface area contributed by atoms with E-state index in [0.717, 1.165) is 12.3 Å². The molecular formula is C14H12O5S. The Morgan fingerprint density at radius 1 is 1.15 bits per heavy atom. The van der Waals surface area contributed by atoms with Crippen molar-refractivity contribution >= 4 is 21.9 Å². The second kappa shape index (κ2) is 5.34. The van der Waals surface area contributed by atoms with Crippen LogP contribution in [0.15, 0.2) is 51.8 Å². The molecule has 0 saturated carbocycles. The molecule has 1 aromatic heterocycles. The van der Waals surface area contributed by atoms with Crippen molar-refractivity contribution in [2.75, 3.05) is 6.26 Å². The van der Waals surface area contributed by atoms with Crippen LogP contribution in [0.4, 0.5) is 0 Å². The van der Waals surface area contributed by atoms with E-state index >= 15 is 0 Å². The van der Waals surface area contributed by atoms with Crippen molar-refractivity contribution < 1.29 is 22.7 Å². The summed E-state index contributed by atoms with van der Waals surface area (Å²) in [6.45, 7) is 0. The summed E-state index contributed by atoms with van der Waals surface area (Å²) in [4.78, 5) is 10.6. The van der Waals surface area contributed by atoms with Crippen molar-refractivity contribution in [3.63, 3.8) is 0 Å². The first-order chi connectivity index (χ1) is 9.36. The maximum Gasteiger partial charge on any atom is 0.328 e. The number of carboxylic acids is 1. The van der Waals surface area contributed by atoms with E-state index in [0.29, 0.717) is 17.1 Å². The molecule has 0 radical (unpaired) electrons. The molecule has 20 heavy (non-hydrogen) atoms. The van der Waals surface area contributed by atoms with Crippen molar-refractivity contribution in [3.8, 4) is 11.3 Å². The maximum atomic E-state index is 11.3. The van der Waals surface area contributed by atoms with Gasteiger partial charge in [0.15, 0.2) is 9.84 Å². The molecule has 0 spiro atoms. The molecule has 0 atom stereocenters. The van der Waals surface area contributed by atoms with E-state index in [4.69, 9.17) is 9.52 Å². The molecule has 0 aliphatic rings. The monoisotopic (exact) mass is 292 g/mol. The van der Waals surface area contributed by atoms with Crippen LogP contribution in [0.1, 0.15) is 5.76 Å². The minimum Gasteiger partial charge on any atom is -0.478 e. The summed E-state index contributed by atoms with van der Waals surface area (Å²) < 4.78 is 28.1. The van der Waals surface area contributed by atoms with Crippen LogP contribution in [0.5, 0.6) is 0 Å². The van der Waals surface area contributed by atoms with Gasteiger partial charge in [-0.15, -0.1) is 0 Å². The van der Waals surface area contributed by atoms with Gasteiger partial charge < -0.3 is 9.52 Å². The number of aliphatic carboxylic acids is 1. The molecule has 6 heteroatoms. The second-order valence-electron chi connectivity index (χ2n) is 4.17. The van der Waals surface area contributed by atoms with Gasteiger partial charge in [0, 0.05) is 17.9 Å². The Bertz CT molecular complexity index is 751. The molecule has 1 N–H and O–H groups in total. The lowest BCUT2D eigenvalue weighted by molar-refractivity contribution is -0.131. The zero-order chi connectivity index (χ0) is 14.8. The molecule has 2 rings (SSSR count). The fraction of sp³-hybridized carbons (Fsp3) is 0.0714. The molecule has 0 unspecified atom stereocenters. The predicted octanol–water partition coefficient (Wildman–Crippen LogP) is 2.45. The highest BCUT2D eigenvalue weighted by Gasteiger charge is 2.08. The molecule has 2 aromatic rings. The van der Waals surface area contributed by atoms with E-state index in [1.54, 1.807) is 24.3 Å². The van der Waals surface area contributed by atoms with Crippen molar-refractivity contribution in [3.05, 3.63) is 48.2 Å².